The second-order valence-corrected chi connectivity index (χ2v) is 10.7. The number of benzene rings is 3. The van der Waals surface area contributed by atoms with Gasteiger partial charge in [-0.1, -0.05) is 49.9 Å². The normalized spacial score (nSPS) is 20.7. The molecule has 39 heavy (non-hydrogen) atoms. The lowest BCUT2D eigenvalue weighted by Crippen LogP contribution is -2.47. The number of nitrogens with zero attached hydrogens (tertiary/aromatic N) is 2. The summed E-state index contributed by atoms with van der Waals surface area (Å²) in [4.78, 5) is 14.8. The van der Waals surface area contributed by atoms with Crippen molar-refractivity contribution in [1.82, 2.24) is 15.1 Å². The van der Waals surface area contributed by atoms with Crippen LogP contribution in [0.4, 0.5) is 14.6 Å². The van der Waals surface area contributed by atoms with Crippen LogP contribution in [0.25, 0.3) is 10.8 Å². The van der Waals surface area contributed by atoms with E-state index in [4.69, 9.17) is 0 Å². The first-order valence-electron chi connectivity index (χ1n) is 13.6. The van der Waals surface area contributed by atoms with Crippen LogP contribution in [0.2, 0.25) is 0 Å². The lowest BCUT2D eigenvalue weighted by molar-refractivity contribution is 0.129. The van der Waals surface area contributed by atoms with E-state index in [2.05, 4.69) is 20.4 Å². The maximum atomic E-state index is 13.6. The molecule has 3 aromatic carbocycles. The zero-order chi connectivity index (χ0) is 26.1. The molecule has 2 aliphatic rings. The molecule has 4 aromatic rings. The molecule has 0 saturated carbocycles. The summed E-state index contributed by atoms with van der Waals surface area (Å²) >= 11 is 0. The minimum absolute atomic E-state index is 0. The number of anilines is 1. The lowest BCUT2D eigenvalue weighted by Gasteiger charge is -2.39. The highest BCUT2D eigenvalue weighted by atomic mass is 19.1. The van der Waals surface area contributed by atoms with Gasteiger partial charge >= 0.3 is 0 Å². The highest BCUT2D eigenvalue weighted by Crippen LogP contribution is 2.38. The van der Waals surface area contributed by atoms with Crippen LogP contribution in [0, 0.1) is 11.6 Å². The number of piperidine rings is 1. The van der Waals surface area contributed by atoms with Crippen molar-refractivity contribution in [3.05, 3.63) is 106 Å². The minimum atomic E-state index is -0.246. The molecular weight excluding hydrogens is 494 g/mol. The van der Waals surface area contributed by atoms with E-state index < -0.39 is 0 Å². The van der Waals surface area contributed by atoms with Crippen molar-refractivity contribution in [2.45, 2.75) is 70.0 Å². The molecule has 7 heteroatoms. The SMILES string of the molecule is C.O=c1[nH]nc(NC2C[C@H]3CC[C@@H](C2)N3CCCC(c2ccc(F)cc2)c2ccc(F)cc2)c2ccccc12. The molecule has 5 nitrogen and oxygen atoms in total. The summed E-state index contributed by atoms with van der Waals surface area (Å²) in [6.45, 7) is 1.01. The first-order chi connectivity index (χ1) is 18.5. The van der Waals surface area contributed by atoms with Crippen molar-refractivity contribution < 1.29 is 8.78 Å². The third kappa shape index (κ3) is 5.74. The number of aromatic nitrogens is 2. The number of hydrogen-bond acceptors (Lipinski definition) is 4. The molecule has 6 rings (SSSR count). The Balaban J connectivity index is 0.00000308. The van der Waals surface area contributed by atoms with Crippen molar-refractivity contribution in [2.24, 2.45) is 0 Å². The minimum Gasteiger partial charge on any atom is -0.365 e. The predicted molar refractivity (Wildman–Crippen MR) is 153 cm³/mol. The zero-order valence-corrected chi connectivity index (χ0v) is 21.2. The molecule has 2 bridgehead atoms. The molecule has 0 spiro atoms. The van der Waals surface area contributed by atoms with Crippen LogP contribution in [-0.4, -0.2) is 39.8 Å². The highest BCUT2D eigenvalue weighted by molar-refractivity contribution is 5.90. The van der Waals surface area contributed by atoms with Crippen LogP contribution in [0.5, 0.6) is 0 Å². The van der Waals surface area contributed by atoms with E-state index in [0.29, 0.717) is 23.5 Å². The van der Waals surface area contributed by atoms with Gasteiger partial charge in [-0.15, -0.1) is 0 Å². The van der Waals surface area contributed by atoms with E-state index in [1.54, 1.807) is 0 Å². The van der Waals surface area contributed by atoms with Crippen LogP contribution in [0.1, 0.15) is 63.0 Å². The Morgan fingerprint density at radius 1 is 0.872 bits per heavy atom. The fourth-order valence-corrected chi connectivity index (χ4v) is 6.57. The van der Waals surface area contributed by atoms with E-state index >= 15 is 0 Å². The number of halogens is 2. The Bertz CT molecular complexity index is 1390. The Hall–Kier alpha value is -3.58. The van der Waals surface area contributed by atoms with Crippen LogP contribution in [-0.2, 0) is 0 Å². The Morgan fingerprint density at radius 2 is 1.44 bits per heavy atom. The maximum absolute atomic E-state index is 13.6. The van der Waals surface area contributed by atoms with Gasteiger partial charge in [-0.25, -0.2) is 13.9 Å². The van der Waals surface area contributed by atoms with Gasteiger partial charge in [0.05, 0.1) is 5.39 Å². The molecule has 0 amide bonds. The molecule has 0 radical (unpaired) electrons. The zero-order valence-electron chi connectivity index (χ0n) is 21.2. The Morgan fingerprint density at radius 3 is 2.03 bits per heavy atom. The van der Waals surface area contributed by atoms with E-state index in [1.807, 2.05) is 48.5 Å². The summed E-state index contributed by atoms with van der Waals surface area (Å²) in [6.07, 6.45) is 6.42. The van der Waals surface area contributed by atoms with Gasteiger partial charge in [-0.05, 0) is 86.5 Å². The maximum Gasteiger partial charge on any atom is 0.272 e. The van der Waals surface area contributed by atoms with Crippen LogP contribution in [0.3, 0.4) is 0 Å². The molecule has 2 aliphatic heterocycles. The second-order valence-electron chi connectivity index (χ2n) is 10.7. The summed E-state index contributed by atoms with van der Waals surface area (Å²) in [5.74, 6) is 0.363. The van der Waals surface area contributed by atoms with Crippen LogP contribution < -0.4 is 10.9 Å². The molecule has 3 atom stereocenters. The van der Waals surface area contributed by atoms with Gasteiger partial charge < -0.3 is 5.32 Å². The molecule has 1 unspecified atom stereocenters. The first kappa shape index (κ1) is 27.0. The molecule has 2 N–H and O–H groups in total. The van der Waals surface area contributed by atoms with Gasteiger partial charge in [0.15, 0.2) is 5.82 Å². The first-order valence-corrected chi connectivity index (χ1v) is 13.6. The van der Waals surface area contributed by atoms with Crippen LogP contribution >= 0.6 is 0 Å². The number of aromatic amines is 1. The van der Waals surface area contributed by atoms with Crippen molar-refractivity contribution in [3.63, 3.8) is 0 Å². The van der Waals surface area contributed by atoms with Crippen molar-refractivity contribution >= 4 is 16.6 Å². The predicted octanol–water partition coefficient (Wildman–Crippen LogP) is 6.86. The van der Waals surface area contributed by atoms with Gasteiger partial charge in [-0.2, -0.15) is 5.10 Å². The van der Waals surface area contributed by atoms with E-state index in [9.17, 15) is 13.6 Å². The average molecular weight is 531 g/mol. The third-order valence-corrected chi connectivity index (χ3v) is 8.38. The largest absolute Gasteiger partial charge is 0.365 e. The van der Waals surface area contributed by atoms with Gasteiger partial charge in [0.1, 0.15) is 11.6 Å². The van der Waals surface area contributed by atoms with Gasteiger partial charge in [0.2, 0.25) is 0 Å². The van der Waals surface area contributed by atoms with Gasteiger partial charge in [-0.3, -0.25) is 9.69 Å². The Labute approximate surface area is 228 Å². The monoisotopic (exact) mass is 530 g/mol. The summed E-state index contributed by atoms with van der Waals surface area (Å²) in [7, 11) is 0. The molecule has 1 aromatic heterocycles. The van der Waals surface area contributed by atoms with Crippen molar-refractivity contribution in [1.29, 1.82) is 0 Å². The van der Waals surface area contributed by atoms with Crippen LogP contribution in [0.15, 0.2) is 77.6 Å². The number of rotatable bonds is 8. The standard InChI is InChI=1S/C31H32F2N4O.CH4/c32-22-11-7-20(8-12-22)27(21-9-13-23(33)14-10-21)6-3-17-37-25-15-16-26(37)19-24(18-25)34-30-28-4-1-2-5-29(28)31(38)36-35-30;/h1-2,4-5,7-14,24-27H,3,6,15-19H2,(H,34,35)(H,36,38);1H4/t24?,25-,26+;. The Kier molecular flexibility index (Phi) is 8.07. The molecule has 204 valence electrons. The molecule has 3 heterocycles. The third-order valence-electron chi connectivity index (χ3n) is 8.38. The van der Waals surface area contributed by atoms with E-state index in [-0.39, 0.29) is 30.5 Å². The van der Waals surface area contributed by atoms with Crippen molar-refractivity contribution in [3.8, 4) is 0 Å². The van der Waals surface area contributed by atoms with Gasteiger partial charge in [0.25, 0.3) is 5.56 Å². The number of H-pyrrole nitrogens is 1. The fourth-order valence-electron chi connectivity index (χ4n) is 6.57. The summed E-state index contributed by atoms with van der Waals surface area (Å²) < 4.78 is 27.2. The van der Waals surface area contributed by atoms with Gasteiger partial charge in [0, 0.05) is 29.4 Å². The van der Waals surface area contributed by atoms with Crippen molar-refractivity contribution in [2.75, 3.05) is 11.9 Å². The second kappa shape index (κ2) is 11.7. The summed E-state index contributed by atoms with van der Waals surface area (Å²) in [5, 5.41) is 12.1. The van der Waals surface area contributed by atoms with E-state index in [1.165, 1.54) is 37.1 Å². The molecule has 0 aliphatic carbocycles. The smallest absolute Gasteiger partial charge is 0.272 e. The average Bonchev–Trinajstić information content (AvgIpc) is 3.17. The lowest BCUT2D eigenvalue weighted by atomic mass is 9.87. The topological polar surface area (TPSA) is 61.0 Å². The number of nitrogens with one attached hydrogen (secondary N) is 2. The number of fused-ring (bicyclic) bond motifs is 3. The fraction of sp³-hybridized carbons (Fsp3) is 0.375. The molecular formula is C32H36F2N4O. The quantitative estimate of drug-likeness (QED) is 0.261. The molecule has 2 saturated heterocycles. The molecule has 2 fully saturated rings. The summed E-state index contributed by atoms with van der Waals surface area (Å²) in [6, 6.07) is 22.4. The number of hydrogen-bond donors (Lipinski definition) is 2. The highest BCUT2D eigenvalue weighted by Gasteiger charge is 2.40. The van der Waals surface area contributed by atoms with E-state index in [0.717, 1.165) is 54.6 Å². The summed E-state index contributed by atoms with van der Waals surface area (Å²) in [5.41, 5.74) is 1.95.